The Bertz CT molecular complexity index is 813. The van der Waals surface area contributed by atoms with Crippen molar-refractivity contribution in [3.8, 4) is 29.3 Å². The Balaban J connectivity index is 1.81. The Morgan fingerprint density at radius 2 is 1.73 bits per heavy atom. The van der Waals surface area contributed by atoms with Crippen LogP contribution in [0.5, 0.6) is 23.3 Å². The van der Waals surface area contributed by atoms with Crippen molar-refractivity contribution in [2.24, 2.45) is 0 Å². The molecule has 0 bridgehead atoms. The molecule has 1 heterocycles. The van der Waals surface area contributed by atoms with Gasteiger partial charge in [-0.2, -0.15) is 5.26 Å². The van der Waals surface area contributed by atoms with Crippen molar-refractivity contribution in [2.45, 2.75) is 0 Å². The smallest absolute Gasteiger partial charge is 0.226 e. The van der Waals surface area contributed by atoms with Crippen LogP contribution < -0.4 is 9.47 Å². The van der Waals surface area contributed by atoms with E-state index in [0.29, 0.717) is 28.8 Å². The molecule has 0 aliphatic heterocycles. The van der Waals surface area contributed by atoms with Crippen molar-refractivity contribution in [3.63, 3.8) is 0 Å². The third kappa shape index (κ3) is 3.19. The topological polar surface area (TPSA) is 68.0 Å². The van der Waals surface area contributed by atoms with Crippen molar-refractivity contribution in [1.82, 2.24) is 9.97 Å². The molecular formula is C17H10N3O2. The molecule has 0 saturated heterocycles. The van der Waals surface area contributed by atoms with Gasteiger partial charge < -0.3 is 9.47 Å². The summed E-state index contributed by atoms with van der Waals surface area (Å²) in [6.45, 7) is 0. The molecule has 0 fully saturated rings. The van der Waals surface area contributed by atoms with E-state index in [-0.39, 0.29) is 0 Å². The Morgan fingerprint density at radius 3 is 2.50 bits per heavy atom. The summed E-state index contributed by atoms with van der Waals surface area (Å²) in [4.78, 5) is 8.04. The van der Waals surface area contributed by atoms with Crippen molar-refractivity contribution < 1.29 is 9.47 Å². The van der Waals surface area contributed by atoms with Gasteiger partial charge in [-0.1, -0.05) is 30.3 Å². The number of ether oxygens (including phenoxy) is 2. The summed E-state index contributed by atoms with van der Waals surface area (Å²) >= 11 is 0. The normalized spacial score (nSPS) is 9.77. The van der Waals surface area contributed by atoms with Crippen LogP contribution in [-0.4, -0.2) is 9.97 Å². The summed E-state index contributed by atoms with van der Waals surface area (Å²) in [6, 6.07) is 20.7. The van der Waals surface area contributed by atoms with E-state index < -0.39 is 0 Å². The number of aromatic nitrogens is 2. The Morgan fingerprint density at radius 1 is 0.955 bits per heavy atom. The second kappa shape index (κ2) is 6.37. The van der Waals surface area contributed by atoms with Crippen LogP contribution in [0, 0.1) is 17.4 Å². The Hall–Kier alpha value is -3.39. The minimum Gasteiger partial charge on any atom is -0.438 e. The highest BCUT2D eigenvalue weighted by Gasteiger charge is 2.07. The molecule has 0 saturated carbocycles. The fourth-order valence-corrected chi connectivity index (χ4v) is 1.75. The summed E-state index contributed by atoms with van der Waals surface area (Å²) < 4.78 is 11.2. The molecule has 1 aromatic heterocycles. The Kier molecular flexibility index (Phi) is 3.94. The standard InChI is InChI=1S/C17H10N3O2/c18-11-13-6-4-5-9-15(13)22-17-10-16(19-12-20-17)21-14-7-2-1-3-8-14/h1-7,9-10,12H. The molecule has 3 aromatic rings. The minimum atomic E-state index is 0.295. The maximum absolute atomic E-state index is 9.05. The second-order valence-corrected chi connectivity index (χ2v) is 4.23. The van der Waals surface area contributed by atoms with Gasteiger partial charge in [-0.25, -0.2) is 9.97 Å². The highest BCUT2D eigenvalue weighted by Crippen LogP contribution is 2.26. The molecule has 0 N–H and O–H groups in total. The fourth-order valence-electron chi connectivity index (χ4n) is 1.75. The molecule has 1 radical (unpaired) electrons. The molecular weight excluding hydrogens is 278 g/mol. The van der Waals surface area contributed by atoms with E-state index in [1.807, 2.05) is 12.1 Å². The molecule has 22 heavy (non-hydrogen) atoms. The molecule has 0 atom stereocenters. The van der Waals surface area contributed by atoms with Crippen molar-refractivity contribution >= 4 is 0 Å². The maximum Gasteiger partial charge on any atom is 0.226 e. The summed E-state index contributed by atoms with van der Waals surface area (Å²) in [5.41, 5.74) is 0.431. The molecule has 5 nitrogen and oxygen atoms in total. The van der Waals surface area contributed by atoms with Crippen LogP contribution in [0.2, 0.25) is 0 Å². The van der Waals surface area contributed by atoms with Crippen LogP contribution in [0.1, 0.15) is 5.56 Å². The van der Waals surface area contributed by atoms with E-state index >= 15 is 0 Å². The molecule has 105 valence electrons. The lowest BCUT2D eigenvalue weighted by Crippen LogP contribution is -1.93. The van der Waals surface area contributed by atoms with Crippen molar-refractivity contribution in [1.29, 1.82) is 5.26 Å². The first-order valence-corrected chi connectivity index (χ1v) is 6.49. The van der Waals surface area contributed by atoms with Gasteiger partial charge in [0, 0.05) is 6.07 Å². The Labute approximate surface area is 127 Å². The van der Waals surface area contributed by atoms with Crippen LogP contribution in [0.3, 0.4) is 0 Å². The highest BCUT2D eigenvalue weighted by molar-refractivity contribution is 5.44. The molecule has 0 aliphatic rings. The lowest BCUT2D eigenvalue weighted by molar-refractivity contribution is 0.432. The zero-order valence-electron chi connectivity index (χ0n) is 11.4. The predicted molar refractivity (Wildman–Crippen MR) is 78.6 cm³/mol. The summed E-state index contributed by atoms with van der Waals surface area (Å²) in [5, 5.41) is 9.05. The van der Waals surface area contributed by atoms with Gasteiger partial charge >= 0.3 is 0 Å². The van der Waals surface area contributed by atoms with Gasteiger partial charge in [-0.15, -0.1) is 0 Å². The molecule has 0 amide bonds. The van der Waals surface area contributed by atoms with Gasteiger partial charge in [0.05, 0.1) is 11.6 Å². The number of hydrogen-bond donors (Lipinski definition) is 0. The summed E-state index contributed by atoms with van der Waals surface area (Å²) in [5.74, 6) is 1.61. The molecule has 5 heteroatoms. The zero-order valence-corrected chi connectivity index (χ0v) is 11.4. The molecule has 3 rings (SSSR count). The lowest BCUT2D eigenvalue weighted by Gasteiger charge is -2.08. The van der Waals surface area contributed by atoms with Crippen LogP contribution in [0.4, 0.5) is 0 Å². The predicted octanol–water partition coefficient (Wildman–Crippen LogP) is 3.73. The van der Waals surface area contributed by atoms with E-state index in [1.165, 1.54) is 6.33 Å². The first kappa shape index (κ1) is 13.6. The third-order valence-corrected chi connectivity index (χ3v) is 2.73. The van der Waals surface area contributed by atoms with Gasteiger partial charge in [0.15, 0.2) is 0 Å². The number of benzene rings is 2. The fraction of sp³-hybridized carbons (Fsp3) is 0. The molecule has 0 unspecified atom stereocenters. The van der Waals surface area contributed by atoms with E-state index in [0.717, 1.165) is 0 Å². The van der Waals surface area contributed by atoms with E-state index in [9.17, 15) is 0 Å². The lowest BCUT2D eigenvalue weighted by atomic mass is 10.2. The maximum atomic E-state index is 9.05. The summed E-state index contributed by atoms with van der Waals surface area (Å²) in [6.07, 6.45) is 1.34. The molecule has 0 spiro atoms. The van der Waals surface area contributed by atoms with E-state index in [1.54, 1.807) is 42.5 Å². The van der Waals surface area contributed by atoms with Crippen molar-refractivity contribution in [2.75, 3.05) is 0 Å². The third-order valence-electron chi connectivity index (χ3n) is 2.73. The average Bonchev–Trinajstić information content (AvgIpc) is 2.57. The quantitative estimate of drug-likeness (QED) is 0.731. The second-order valence-electron chi connectivity index (χ2n) is 4.23. The van der Waals surface area contributed by atoms with Gasteiger partial charge in [-0.05, 0) is 18.2 Å². The highest BCUT2D eigenvalue weighted by atomic mass is 16.5. The van der Waals surface area contributed by atoms with Gasteiger partial charge in [0.1, 0.15) is 23.9 Å². The molecule has 0 aliphatic carbocycles. The number of nitriles is 1. The first-order valence-electron chi connectivity index (χ1n) is 6.49. The molecule has 2 aromatic carbocycles. The summed E-state index contributed by atoms with van der Waals surface area (Å²) in [7, 11) is 0. The van der Waals surface area contributed by atoms with Crippen LogP contribution in [0.25, 0.3) is 0 Å². The van der Waals surface area contributed by atoms with Gasteiger partial charge in [-0.3, -0.25) is 0 Å². The SMILES string of the molecule is N#Cc1ccccc1Oc1cc(Oc2[c]cccc2)ncn1. The van der Waals surface area contributed by atoms with Crippen LogP contribution in [-0.2, 0) is 0 Å². The first-order chi connectivity index (χ1) is 10.8. The van der Waals surface area contributed by atoms with Gasteiger partial charge in [0.2, 0.25) is 11.8 Å². The minimum absolute atomic E-state index is 0.295. The zero-order chi connectivity index (χ0) is 15.2. The van der Waals surface area contributed by atoms with E-state index in [4.69, 9.17) is 14.7 Å². The van der Waals surface area contributed by atoms with E-state index in [2.05, 4.69) is 22.1 Å². The monoisotopic (exact) mass is 288 g/mol. The van der Waals surface area contributed by atoms with Crippen LogP contribution in [0.15, 0.2) is 60.9 Å². The average molecular weight is 288 g/mol. The number of rotatable bonds is 4. The number of nitrogens with zero attached hydrogens (tertiary/aromatic N) is 3. The number of hydrogen-bond acceptors (Lipinski definition) is 5. The van der Waals surface area contributed by atoms with Gasteiger partial charge in [0.25, 0.3) is 0 Å². The largest absolute Gasteiger partial charge is 0.438 e. The van der Waals surface area contributed by atoms with Crippen LogP contribution >= 0.6 is 0 Å². The van der Waals surface area contributed by atoms with Crippen molar-refractivity contribution in [3.05, 3.63) is 72.6 Å². The number of para-hydroxylation sites is 2.